The molecule has 1 aromatic heterocycles. The summed E-state index contributed by atoms with van der Waals surface area (Å²) in [5.41, 5.74) is 0.417. The third kappa shape index (κ3) is 3.29. The third-order valence-electron chi connectivity index (χ3n) is 4.12. The lowest BCUT2D eigenvalue weighted by atomic mass is 9.71. The minimum atomic E-state index is 0.417. The lowest BCUT2D eigenvalue weighted by Crippen LogP contribution is -2.43. The number of hydrogen-bond donors (Lipinski definition) is 2. The number of aromatic nitrogens is 2. The van der Waals surface area contributed by atoms with Crippen molar-refractivity contribution in [2.24, 2.45) is 11.3 Å². The number of thioether (sulfide) groups is 1. The number of nitrogens with zero attached hydrogens (tertiary/aromatic N) is 1. The molecule has 1 heterocycles. The van der Waals surface area contributed by atoms with E-state index in [1.54, 1.807) is 0 Å². The first kappa shape index (κ1) is 13.9. The number of H-pyrrole nitrogens is 1. The van der Waals surface area contributed by atoms with Crippen LogP contribution in [0.1, 0.15) is 40.0 Å². The van der Waals surface area contributed by atoms with Crippen LogP contribution in [0.15, 0.2) is 17.6 Å². The lowest BCUT2D eigenvalue weighted by molar-refractivity contribution is 0.167. The molecule has 0 aromatic carbocycles. The van der Waals surface area contributed by atoms with E-state index >= 15 is 0 Å². The summed E-state index contributed by atoms with van der Waals surface area (Å²) < 4.78 is 0. The van der Waals surface area contributed by atoms with Gasteiger partial charge >= 0.3 is 0 Å². The molecular formula is C14H25N3S. The molecule has 0 radical (unpaired) electrons. The van der Waals surface area contributed by atoms with E-state index in [1.807, 2.05) is 24.2 Å². The maximum Gasteiger partial charge on any atom is 0.165 e. The Bertz CT molecular complexity index is 356. The minimum absolute atomic E-state index is 0.417. The van der Waals surface area contributed by atoms with Gasteiger partial charge < -0.3 is 10.3 Å². The molecule has 102 valence electrons. The highest BCUT2D eigenvalue weighted by Crippen LogP contribution is 2.42. The van der Waals surface area contributed by atoms with Crippen molar-refractivity contribution in [3.8, 4) is 0 Å². The molecule has 0 spiro atoms. The van der Waals surface area contributed by atoms with Crippen LogP contribution in [-0.4, -0.2) is 28.3 Å². The molecule has 0 bridgehead atoms. The molecule has 3 atom stereocenters. The van der Waals surface area contributed by atoms with Crippen LogP contribution in [-0.2, 0) is 0 Å². The fourth-order valence-electron chi connectivity index (χ4n) is 2.83. The van der Waals surface area contributed by atoms with Gasteiger partial charge in [0.25, 0.3) is 0 Å². The summed E-state index contributed by atoms with van der Waals surface area (Å²) in [4.78, 5) is 7.55. The lowest BCUT2D eigenvalue weighted by Gasteiger charge is -2.41. The molecule has 18 heavy (non-hydrogen) atoms. The van der Waals surface area contributed by atoms with Gasteiger partial charge in [0.05, 0.1) is 0 Å². The highest BCUT2D eigenvalue weighted by Gasteiger charge is 2.36. The van der Waals surface area contributed by atoms with Gasteiger partial charge in [-0.15, -0.1) is 0 Å². The Balaban J connectivity index is 2.04. The van der Waals surface area contributed by atoms with E-state index in [4.69, 9.17) is 0 Å². The summed E-state index contributed by atoms with van der Waals surface area (Å²) in [7, 11) is 2.08. The standard InChI is InChI=1S/C14H25N3S/c1-14(2,3)10-5-6-11(15-4)12(9-10)18-13-16-7-8-17-13/h7-8,10-12,15H,5-6,9H2,1-4H3,(H,16,17). The number of nitrogens with one attached hydrogen (secondary N) is 2. The molecule has 1 aliphatic carbocycles. The highest BCUT2D eigenvalue weighted by molar-refractivity contribution is 7.99. The molecule has 3 nitrogen and oxygen atoms in total. The summed E-state index contributed by atoms with van der Waals surface area (Å²) in [5.74, 6) is 0.814. The van der Waals surface area contributed by atoms with Gasteiger partial charge in [-0.05, 0) is 37.6 Å². The topological polar surface area (TPSA) is 40.7 Å². The average Bonchev–Trinajstić information content (AvgIpc) is 2.80. The monoisotopic (exact) mass is 267 g/mol. The smallest absolute Gasteiger partial charge is 0.165 e. The van der Waals surface area contributed by atoms with E-state index in [2.05, 4.69) is 43.1 Å². The quantitative estimate of drug-likeness (QED) is 0.883. The Kier molecular flexibility index (Phi) is 4.38. The maximum atomic E-state index is 4.35. The zero-order valence-electron chi connectivity index (χ0n) is 11.9. The van der Waals surface area contributed by atoms with Crippen LogP contribution in [0.25, 0.3) is 0 Å². The van der Waals surface area contributed by atoms with Gasteiger partial charge in [-0.3, -0.25) is 0 Å². The highest BCUT2D eigenvalue weighted by atomic mass is 32.2. The first-order valence-corrected chi connectivity index (χ1v) is 7.72. The van der Waals surface area contributed by atoms with Crippen molar-refractivity contribution in [1.29, 1.82) is 0 Å². The predicted octanol–water partition coefficient (Wildman–Crippen LogP) is 3.30. The molecule has 1 aliphatic rings. The normalized spacial score (nSPS) is 29.4. The Morgan fingerprint density at radius 1 is 1.39 bits per heavy atom. The van der Waals surface area contributed by atoms with Crippen molar-refractivity contribution >= 4 is 11.8 Å². The van der Waals surface area contributed by atoms with Crippen molar-refractivity contribution < 1.29 is 0 Å². The maximum absolute atomic E-state index is 4.35. The number of imidazole rings is 1. The van der Waals surface area contributed by atoms with Crippen LogP contribution in [0, 0.1) is 11.3 Å². The largest absolute Gasteiger partial charge is 0.340 e. The van der Waals surface area contributed by atoms with Gasteiger partial charge in [0.1, 0.15) is 0 Å². The van der Waals surface area contributed by atoms with Crippen molar-refractivity contribution in [2.45, 2.75) is 56.5 Å². The van der Waals surface area contributed by atoms with E-state index < -0.39 is 0 Å². The summed E-state index contributed by atoms with van der Waals surface area (Å²) in [6.45, 7) is 7.10. The summed E-state index contributed by atoms with van der Waals surface area (Å²) >= 11 is 1.89. The Morgan fingerprint density at radius 2 is 2.17 bits per heavy atom. The molecule has 0 amide bonds. The van der Waals surface area contributed by atoms with Crippen molar-refractivity contribution in [2.75, 3.05) is 7.05 Å². The van der Waals surface area contributed by atoms with Crippen molar-refractivity contribution in [3.63, 3.8) is 0 Å². The van der Waals surface area contributed by atoms with Gasteiger partial charge in [-0.25, -0.2) is 4.98 Å². The molecular weight excluding hydrogens is 242 g/mol. The Labute approximate surface area is 115 Å². The summed E-state index contributed by atoms with van der Waals surface area (Å²) in [6, 6.07) is 0.610. The van der Waals surface area contributed by atoms with Crippen LogP contribution < -0.4 is 5.32 Å². The van der Waals surface area contributed by atoms with E-state index in [9.17, 15) is 0 Å². The second-order valence-corrected chi connectivity index (χ2v) is 7.55. The van der Waals surface area contributed by atoms with Crippen LogP contribution in [0.2, 0.25) is 0 Å². The Hall–Kier alpha value is -0.480. The van der Waals surface area contributed by atoms with Crippen LogP contribution in [0.5, 0.6) is 0 Å². The number of aromatic amines is 1. The summed E-state index contributed by atoms with van der Waals surface area (Å²) in [6.07, 6.45) is 7.63. The first-order valence-electron chi connectivity index (χ1n) is 6.84. The molecule has 1 fully saturated rings. The van der Waals surface area contributed by atoms with Gasteiger partial charge in [-0.1, -0.05) is 32.5 Å². The molecule has 1 saturated carbocycles. The van der Waals surface area contributed by atoms with Crippen LogP contribution in [0.4, 0.5) is 0 Å². The van der Waals surface area contributed by atoms with Gasteiger partial charge in [0, 0.05) is 23.7 Å². The average molecular weight is 267 g/mol. The van der Waals surface area contributed by atoms with Crippen molar-refractivity contribution in [3.05, 3.63) is 12.4 Å². The van der Waals surface area contributed by atoms with Crippen LogP contribution in [0.3, 0.4) is 0 Å². The fraction of sp³-hybridized carbons (Fsp3) is 0.786. The molecule has 2 N–H and O–H groups in total. The number of rotatable bonds is 3. The second-order valence-electron chi connectivity index (χ2n) is 6.32. The van der Waals surface area contributed by atoms with Crippen LogP contribution >= 0.6 is 11.8 Å². The van der Waals surface area contributed by atoms with Gasteiger partial charge in [-0.2, -0.15) is 0 Å². The van der Waals surface area contributed by atoms with Gasteiger partial charge in [0.2, 0.25) is 0 Å². The van der Waals surface area contributed by atoms with Gasteiger partial charge in [0.15, 0.2) is 5.16 Å². The van der Waals surface area contributed by atoms with Crippen molar-refractivity contribution in [1.82, 2.24) is 15.3 Å². The predicted molar refractivity (Wildman–Crippen MR) is 77.9 cm³/mol. The molecule has 3 unspecified atom stereocenters. The fourth-order valence-corrected chi connectivity index (χ4v) is 4.14. The molecule has 4 heteroatoms. The Morgan fingerprint density at radius 3 is 2.72 bits per heavy atom. The molecule has 1 aromatic rings. The third-order valence-corrected chi connectivity index (χ3v) is 5.39. The number of hydrogen-bond acceptors (Lipinski definition) is 3. The SMILES string of the molecule is CNC1CCC(C(C)(C)C)CC1Sc1ncc[nH]1. The first-order chi connectivity index (χ1) is 8.50. The second kappa shape index (κ2) is 5.66. The minimum Gasteiger partial charge on any atom is -0.340 e. The molecule has 0 aliphatic heterocycles. The zero-order valence-corrected chi connectivity index (χ0v) is 12.7. The molecule has 0 saturated heterocycles. The van der Waals surface area contributed by atoms with E-state index in [0.717, 1.165) is 11.1 Å². The zero-order chi connectivity index (χ0) is 13.2. The van der Waals surface area contributed by atoms with E-state index in [0.29, 0.717) is 16.7 Å². The molecule has 2 rings (SSSR count). The van der Waals surface area contributed by atoms with E-state index in [1.165, 1.54) is 19.3 Å². The van der Waals surface area contributed by atoms with E-state index in [-0.39, 0.29) is 0 Å². The summed E-state index contributed by atoms with van der Waals surface area (Å²) in [5, 5.41) is 5.15.